The number of rotatable bonds is 8. The van der Waals surface area contributed by atoms with E-state index in [9.17, 15) is 21.6 Å². The van der Waals surface area contributed by atoms with E-state index in [1.54, 1.807) is 48.5 Å². The standard InChI is InChI=1S/C22H20F3NO4S/c1-29-17-7-3-15(4-8-17)13-26(14-16-5-9-18(30-2)10-6-16)31(27,28)20-12-11-19(23)21(24)22(20)25/h3-12H,13-14H2,1-2H3. The molecule has 0 atom stereocenters. The van der Waals surface area contributed by atoms with Crippen LogP contribution in [-0.2, 0) is 23.1 Å². The molecule has 0 aliphatic heterocycles. The van der Waals surface area contributed by atoms with Crippen LogP contribution in [0.3, 0.4) is 0 Å². The molecule has 0 heterocycles. The third kappa shape index (κ3) is 5.00. The summed E-state index contributed by atoms with van der Waals surface area (Å²) < 4.78 is 79.0. The van der Waals surface area contributed by atoms with Gasteiger partial charge in [0.15, 0.2) is 17.5 Å². The number of halogens is 3. The first-order valence-corrected chi connectivity index (χ1v) is 10.6. The fourth-order valence-corrected chi connectivity index (χ4v) is 4.41. The van der Waals surface area contributed by atoms with Crippen molar-refractivity contribution in [2.75, 3.05) is 14.2 Å². The molecule has 3 aromatic carbocycles. The van der Waals surface area contributed by atoms with Crippen molar-refractivity contribution in [1.82, 2.24) is 4.31 Å². The zero-order valence-corrected chi connectivity index (χ0v) is 17.6. The van der Waals surface area contributed by atoms with Crippen molar-refractivity contribution < 1.29 is 31.1 Å². The third-order valence-corrected chi connectivity index (χ3v) is 6.46. The molecule has 0 aliphatic rings. The van der Waals surface area contributed by atoms with Crippen molar-refractivity contribution in [3.05, 3.63) is 89.2 Å². The number of sulfonamides is 1. The van der Waals surface area contributed by atoms with Gasteiger partial charge in [-0.05, 0) is 47.5 Å². The topological polar surface area (TPSA) is 55.8 Å². The van der Waals surface area contributed by atoms with Gasteiger partial charge in [0.2, 0.25) is 10.0 Å². The quantitative estimate of drug-likeness (QED) is 0.473. The van der Waals surface area contributed by atoms with E-state index in [0.29, 0.717) is 28.7 Å². The lowest BCUT2D eigenvalue weighted by Crippen LogP contribution is -2.31. The maximum absolute atomic E-state index is 14.3. The van der Waals surface area contributed by atoms with Gasteiger partial charge in [0.25, 0.3) is 0 Å². The van der Waals surface area contributed by atoms with Gasteiger partial charge in [-0.15, -0.1) is 0 Å². The van der Waals surface area contributed by atoms with Crippen molar-refractivity contribution in [3.8, 4) is 11.5 Å². The average molecular weight is 451 g/mol. The Morgan fingerprint density at radius 1 is 0.710 bits per heavy atom. The highest BCUT2D eigenvalue weighted by Crippen LogP contribution is 2.27. The summed E-state index contributed by atoms with van der Waals surface area (Å²) in [7, 11) is -1.51. The number of nitrogens with zero attached hydrogens (tertiary/aromatic N) is 1. The lowest BCUT2D eigenvalue weighted by atomic mass is 10.2. The molecule has 0 amide bonds. The molecule has 3 aromatic rings. The Morgan fingerprint density at radius 2 is 1.16 bits per heavy atom. The smallest absolute Gasteiger partial charge is 0.246 e. The number of methoxy groups -OCH3 is 2. The molecular formula is C22H20F3NO4S. The molecular weight excluding hydrogens is 431 g/mol. The van der Waals surface area contributed by atoms with Gasteiger partial charge in [-0.3, -0.25) is 0 Å². The molecule has 0 N–H and O–H groups in total. The van der Waals surface area contributed by atoms with Crippen LogP contribution in [0.4, 0.5) is 13.2 Å². The largest absolute Gasteiger partial charge is 0.497 e. The van der Waals surface area contributed by atoms with Crippen LogP contribution in [0, 0.1) is 17.5 Å². The highest BCUT2D eigenvalue weighted by Gasteiger charge is 2.30. The molecule has 0 saturated heterocycles. The SMILES string of the molecule is COc1ccc(CN(Cc2ccc(OC)cc2)S(=O)(=O)c2ccc(F)c(F)c2F)cc1. The summed E-state index contributed by atoms with van der Waals surface area (Å²) in [4.78, 5) is -0.937. The fraction of sp³-hybridized carbons (Fsp3) is 0.182. The van der Waals surface area contributed by atoms with Crippen LogP contribution in [-0.4, -0.2) is 26.9 Å². The maximum atomic E-state index is 14.3. The van der Waals surface area contributed by atoms with Gasteiger partial charge in [-0.25, -0.2) is 21.6 Å². The van der Waals surface area contributed by atoms with E-state index in [2.05, 4.69) is 0 Å². The van der Waals surface area contributed by atoms with E-state index >= 15 is 0 Å². The number of hydrogen-bond donors (Lipinski definition) is 0. The molecule has 0 bridgehead atoms. The van der Waals surface area contributed by atoms with Crippen LogP contribution in [0.2, 0.25) is 0 Å². The van der Waals surface area contributed by atoms with Gasteiger partial charge >= 0.3 is 0 Å². The summed E-state index contributed by atoms with van der Waals surface area (Å²) >= 11 is 0. The third-order valence-electron chi connectivity index (χ3n) is 4.65. The second-order valence-corrected chi connectivity index (χ2v) is 8.55. The molecule has 0 spiro atoms. The van der Waals surface area contributed by atoms with E-state index in [1.807, 2.05) is 0 Å². The normalized spacial score (nSPS) is 11.5. The monoisotopic (exact) mass is 451 g/mol. The van der Waals surface area contributed by atoms with Crippen LogP contribution in [0.1, 0.15) is 11.1 Å². The van der Waals surface area contributed by atoms with Crippen LogP contribution in [0.5, 0.6) is 11.5 Å². The second kappa shape index (κ2) is 9.40. The van der Waals surface area contributed by atoms with Crippen LogP contribution in [0.25, 0.3) is 0 Å². The van der Waals surface area contributed by atoms with Gasteiger partial charge in [0.05, 0.1) is 14.2 Å². The molecule has 9 heteroatoms. The predicted octanol–water partition coefficient (Wildman–Crippen LogP) is 4.51. The molecule has 3 rings (SSSR count). The van der Waals surface area contributed by atoms with E-state index in [0.717, 1.165) is 10.4 Å². The minimum atomic E-state index is -4.51. The van der Waals surface area contributed by atoms with Crippen LogP contribution >= 0.6 is 0 Å². The molecule has 0 aromatic heterocycles. The van der Waals surface area contributed by atoms with E-state index in [1.165, 1.54) is 14.2 Å². The Hall–Kier alpha value is -3.04. The number of ether oxygens (including phenoxy) is 2. The molecule has 0 radical (unpaired) electrons. The summed E-state index contributed by atoms with van der Waals surface area (Å²) in [6.45, 7) is -0.256. The van der Waals surface area contributed by atoms with Gasteiger partial charge in [0.1, 0.15) is 16.4 Å². The summed E-state index contributed by atoms with van der Waals surface area (Å²) in [5.41, 5.74) is 1.20. The van der Waals surface area contributed by atoms with E-state index in [4.69, 9.17) is 9.47 Å². The van der Waals surface area contributed by atoms with Crippen molar-refractivity contribution in [1.29, 1.82) is 0 Å². The van der Waals surface area contributed by atoms with Crippen LogP contribution in [0.15, 0.2) is 65.6 Å². The Bertz CT molecular complexity index is 1100. The number of hydrogen-bond acceptors (Lipinski definition) is 4. The van der Waals surface area contributed by atoms with Gasteiger partial charge < -0.3 is 9.47 Å². The summed E-state index contributed by atoms with van der Waals surface area (Å²) in [6.07, 6.45) is 0. The first-order valence-electron chi connectivity index (χ1n) is 9.15. The molecule has 5 nitrogen and oxygen atoms in total. The first-order chi connectivity index (χ1) is 14.8. The molecule has 0 unspecified atom stereocenters. The number of benzene rings is 3. The lowest BCUT2D eigenvalue weighted by Gasteiger charge is -2.23. The predicted molar refractivity (Wildman–Crippen MR) is 109 cm³/mol. The molecule has 0 saturated carbocycles. The minimum Gasteiger partial charge on any atom is -0.497 e. The Labute approximate surface area is 178 Å². The fourth-order valence-electron chi connectivity index (χ4n) is 2.94. The summed E-state index contributed by atoms with van der Waals surface area (Å²) in [5.74, 6) is -3.89. The van der Waals surface area contributed by atoms with Crippen LogP contribution < -0.4 is 9.47 Å². The second-order valence-electron chi connectivity index (χ2n) is 6.64. The molecule has 0 aliphatic carbocycles. The van der Waals surface area contributed by atoms with Crippen molar-refractivity contribution >= 4 is 10.0 Å². The Morgan fingerprint density at radius 3 is 1.58 bits per heavy atom. The highest BCUT2D eigenvalue weighted by molar-refractivity contribution is 7.89. The Balaban J connectivity index is 2.01. The molecule has 164 valence electrons. The van der Waals surface area contributed by atoms with E-state index in [-0.39, 0.29) is 13.1 Å². The average Bonchev–Trinajstić information content (AvgIpc) is 2.78. The van der Waals surface area contributed by atoms with Crippen molar-refractivity contribution in [2.45, 2.75) is 18.0 Å². The minimum absolute atomic E-state index is 0.128. The maximum Gasteiger partial charge on any atom is 0.246 e. The molecule has 31 heavy (non-hydrogen) atoms. The molecule has 0 fully saturated rings. The zero-order valence-electron chi connectivity index (χ0n) is 16.8. The summed E-state index contributed by atoms with van der Waals surface area (Å²) in [5, 5.41) is 0. The Kier molecular flexibility index (Phi) is 6.87. The lowest BCUT2D eigenvalue weighted by molar-refractivity contribution is 0.388. The van der Waals surface area contributed by atoms with Crippen molar-refractivity contribution in [3.63, 3.8) is 0 Å². The highest BCUT2D eigenvalue weighted by atomic mass is 32.2. The van der Waals surface area contributed by atoms with Gasteiger partial charge in [0, 0.05) is 13.1 Å². The van der Waals surface area contributed by atoms with E-state index < -0.39 is 32.4 Å². The zero-order chi connectivity index (χ0) is 22.6. The van der Waals surface area contributed by atoms with Gasteiger partial charge in [-0.1, -0.05) is 24.3 Å². The summed E-state index contributed by atoms with van der Waals surface area (Å²) in [6, 6.07) is 14.6. The first kappa shape index (κ1) is 22.6. The van der Waals surface area contributed by atoms with Gasteiger partial charge in [-0.2, -0.15) is 4.31 Å². The van der Waals surface area contributed by atoms with Crippen molar-refractivity contribution in [2.24, 2.45) is 0 Å².